The molecule has 3 aliphatic rings. The van der Waals surface area contributed by atoms with Crippen molar-refractivity contribution >= 4 is 17.5 Å². The number of fused-ring (bicyclic) bond motifs is 5. The first-order chi connectivity index (χ1) is 13.3. The van der Waals surface area contributed by atoms with E-state index < -0.39 is 57.8 Å². The van der Waals surface area contributed by atoms with Crippen LogP contribution in [0.1, 0.15) is 31.4 Å². The lowest BCUT2D eigenvalue weighted by atomic mass is 9.62. The van der Waals surface area contributed by atoms with Gasteiger partial charge in [-0.3, -0.25) is 9.59 Å². The number of rotatable bonds is 1. The fraction of sp³-hybridized carbons (Fsp3) is 0.474. The highest BCUT2D eigenvalue weighted by molar-refractivity contribution is 6.23. The molecule has 1 aromatic carbocycles. The number of aliphatic hydroxyl groups is 1. The van der Waals surface area contributed by atoms with E-state index in [1.54, 1.807) is 6.07 Å². The summed E-state index contributed by atoms with van der Waals surface area (Å²) in [5.41, 5.74) is -7.24. The van der Waals surface area contributed by atoms with Gasteiger partial charge in [0.05, 0.1) is 40.3 Å². The average molecular weight is 405 g/mol. The molecule has 4 rings (SSSR count). The summed E-state index contributed by atoms with van der Waals surface area (Å²) in [6.07, 6.45) is -5.06. The number of nitriles is 2. The van der Waals surface area contributed by atoms with Crippen molar-refractivity contribution in [2.45, 2.75) is 43.2 Å². The van der Waals surface area contributed by atoms with Gasteiger partial charge in [0, 0.05) is 6.42 Å². The average Bonchev–Trinajstić information content (AvgIpc) is 3.13. The maximum absolute atomic E-state index is 13.3. The van der Waals surface area contributed by atoms with Crippen LogP contribution in [0.15, 0.2) is 18.2 Å². The fourth-order valence-corrected chi connectivity index (χ4v) is 5.03. The first-order valence-corrected chi connectivity index (χ1v) is 8.66. The molecular weight excluding hydrogens is 391 g/mol. The van der Waals surface area contributed by atoms with Crippen LogP contribution in [0.3, 0.4) is 0 Å². The third kappa shape index (κ3) is 2.18. The van der Waals surface area contributed by atoms with E-state index in [2.05, 4.69) is 0 Å². The zero-order valence-corrected chi connectivity index (χ0v) is 15.2. The second-order valence-corrected chi connectivity index (χ2v) is 7.98. The molecule has 7 nitrogen and oxygen atoms in total. The number of halogens is 3. The van der Waals surface area contributed by atoms with Crippen LogP contribution in [0.4, 0.5) is 18.9 Å². The maximum atomic E-state index is 13.3. The summed E-state index contributed by atoms with van der Waals surface area (Å²) in [4.78, 5) is 26.8. The number of carbonyl (C=O) groups excluding carboxylic acids is 2. The topological polar surface area (TPSA) is 114 Å². The van der Waals surface area contributed by atoms with E-state index >= 15 is 0 Å². The summed E-state index contributed by atoms with van der Waals surface area (Å²) in [6.45, 7) is 2.86. The third-order valence-electron chi connectivity index (χ3n) is 6.30. The number of carbonyl (C=O) groups is 2. The van der Waals surface area contributed by atoms with Crippen molar-refractivity contribution < 1.29 is 32.6 Å². The van der Waals surface area contributed by atoms with Gasteiger partial charge in [-0.15, -0.1) is 0 Å². The predicted molar refractivity (Wildman–Crippen MR) is 88.7 cm³/mol. The molecule has 1 aromatic rings. The van der Waals surface area contributed by atoms with Crippen LogP contribution in [-0.2, 0) is 20.5 Å². The molecule has 5 atom stereocenters. The molecule has 1 N–H and O–H groups in total. The highest BCUT2D eigenvalue weighted by Crippen LogP contribution is 2.64. The highest BCUT2D eigenvalue weighted by atomic mass is 19.4. The zero-order valence-electron chi connectivity index (χ0n) is 15.2. The minimum absolute atomic E-state index is 0.206. The summed E-state index contributed by atoms with van der Waals surface area (Å²) in [5, 5.41) is 29.0. The molecule has 0 radical (unpaired) electrons. The molecule has 0 saturated carbocycles. The maximum Gasteiger partial charge on any atom is 0.417 e. The fourth-order valence-electron chi connectivity index (χ4n) is 5.03. The van der Waals surface area contributed by atoms with Crippen LogP contribution in [0.25, 0.3) is 0 Å². The Kier molecular flexibility index (Phi) is 3.57. The lowest BCUT2D eigenvalue weighted by molar-refractivity contribution is -0.139. The lowest BCUT2D eigenvalue weighted by Gasteiger charge is -2.37. The molecular formula is C19H14F3N3O4. The highest BCUT2D eigenvalue weighted by Gasteiger charge is 2.80. The monoisotopic (exact) mass is 405 g/mol. The Bertz CT molecular complexity index is 1060. The van der Waals surface area contributed by atoms with Gasteiger partial charge >= 0.3 is 6.18 Å². The van der Waals surface area contributed by atoms with E-state index in [0.29, 0.717) is 11.0 Å². The number of nitrogens with zero attached hydrogens (tertiary/aromatic N) is 3. The Labute approximate surface area is 162 Å². The van der Waals surface area contributed by atoms with Crippen LogP contribution in [0.2, 0.25) is 0 Å². The molecule has 150 valence electrons. The number of benzene rings is 1. The summed E-state index contributed by atoms with van der Waals surface area (Å²) in [7, 11) is 0. The van der Waals surface area contributed by atoms with Crippen molar-refractivity contribution in [1.82, 2.24) is 0 Å². The molecule has 10 heteroatoms. The van der Waals surface area contributed by atoms with Gasteiger partial charge < -0.3 is 9.84 Å². The van der Waals surface area contributed by atoms with E-state index in [-0.39, 0.29) is 12.1 Å². The van der Waals surface area contributed by atoms with Crippen molar-refractivity contribution in [2.75, 3.05) is 4.90 Å². The second-order valence-electron chi connectivity index (χ2n) is 7.98. The van der Waals surface area contributed by atoms with Gasteiger partial charge in [-0.05, 0) is 32.0 Å². The second kappa shape index (κ2) is 5.35. The van der Waals surface area contributed by atoms with Crippen LogP contribution < -0.4 is 4.90 Å². The number of alkyl halides is 3. The minimum Gasteiger partial charge on any atom is -0.373 e. The number of hydrogen-bond acceptors (Lipinski definition) is 6. The molecule has 2 amide bonds. The van der Waals surface area contributed by atoms with Gasteiger partial charge in [-0.2, -0.15) is 23.7 Å². The molecule has 0 aliphatic carbocycles. The summed E-state index contributed by atoms with van der Waals surface area (Å²) in [6, 6.07) is 5.76. The Morgan fingerprint density at radius 2 is 1.83 bits per heavy atom. The molecule has 3 aliphatic heterocycles. The Balaban J connectivity index is 1.83. The van der Waals surface area contributed by atoms with Gasteiger partial charge in [0.15, 0.2) is 5.60 Å². The van der Waals surface area contributed by atoms with Crippen LogP contribution in [-0.4, -0.2) is 33.7 Å². The minimum atomic E-state index is -4.86. The van der Waals surface area contributed by atoms with Crippen LogP contribution >= 0.6 is 0 Å². The van der Waals surface area contributed by atoms with Gasteiger partial charge in [0.1, 0.15) is 11.7 Å². The SMILES string of the molecule is CC12C[C@@](O)(C#N)C(C)(O1)[C@@H]1C(=O)N(c3ccc(C#N)c(C(F)(F)F)c3)C(=O)[C@@H]12. The smallest absolute Gasteiger partial charge is 0.373 e. The van der Waals surface area contributed by atoms with Gasteiger partial charge in [-0.1, -0.05) is 0 Å². The number of ether oxygens (including phenoxy) is 1. The molecule has 0 aromatic heterocycles. The van der Waals surface area contributed by atoms with E-state index in [1.165, 1.54) is 19.9 Å². The molecule has 0 spiro atoms. The van der Waals surface area contributed by atoms with Crippen LogP contribution in [0.5, 0.6) is 0 Å². The Morgan fingerprint density at radius 3 is 2.38 bits per heavy atom. The van der Waals surface area contributed by atoms with E-state index in [4.69, 9.17) is 10.00 Å². The largest absolute Gasteiger partial charge is 0.417 e. The van der Waals surface area contributed by atoms with E-state index in [9.17, 15) is 33.1 Å². The number of hydrogen-bond donors (Lipinski definition) is 1. The third-order valence-corrected chi connectivity index (χ3v) is 6.30. The normalized spacial score (nSPS) is 38.1. The molecule has 2 bridgehead atoms. The van der Waals surface area contributed by atoms with Gasteiger partial charge in [-0.25, -0.2) is 4.90 Å². The van der Waals surface area contributed by atoms with Gasteiger partial charge in [0.2, 0.25) is 11.8 Å². The standard InChI is InChI=1S/C19H14F3N3O4/c1-16-7-18(28,8-24)17(2,29-16)13-12(16)14(26)25(15(13)27)10-4-3-9(6-23)11(5-10)19(20,21)22/h3-5,12-13,28H,7H2,1-2H3/t12-,13+,16?,17?,18-/m1/s1. The summed E-state index contributed by atoms with van der Waals surface area (Å²) in [5.74, 6) is -3.87. The molecule has 3 saturated heterocycles. The zero-order chi connectivity index (χ0) is 21.6. The van der Waals surface area contributed by atoms with Crippen molar-refractivity contribution in [3.63, 3.8) is 0 Å². The van der Waals surface area contributed by atoms with Crippen molar-refractivity contribution in [3.8, 4) is 12.1 Å². The van der Waals surface area contributed by atoms with E-state index in [0.717, 1.165) is 12.1 Å². The summed E-state index contributed by atoms with van der Waals surface area (Å²) < 4.78 is 45.7. The number of amides is 2. The summed E-state index contributed by atoms with van der Waals surface area (Å²) >= 11 is 0. The quantitative estimate of drug-likeness (QED) is 0.564. The Morgan fingerprint density at radius 1 is 1.21 bits per heavy atom. The first kappa shape index (κ1) is 19.4. The lowest BCUT2D eigenvalue weighted by Crippen LogP contribution is -2.57. The molecule has 3 fully saturated rings. The van der Waals surface area contributed by atoms with Gasteiger partial charge in [0.25, 0.3) is 0 Å². The number of imide groups is 1. The van der Waals surface area contributed by atoms with Crippen molar-refractivity contribution in [3.05, 3.63) is 29.3 Å². The van der Waals surface area contributed by atoms with Crippen LogP contribution in [0, 0.1) is 34.5 Å². The number of anilines is 1. The van der Waals surface area contributed by atoms with E-state index in [1.807, 2.05) is 0 Å². The predicted octanol–water partition coefficient (Wildman–Crippen LogP) is 1.89. The van der Waals surface area contributed by atoms with Crippen molar-refractivity contribution in [1.29, 1.82) is 10.5 Å². The molecule has 29 heavy (non-hydrogen) atoms. The molecule has 3 heterocycles. The Hall–Kier alpha value is -2.95. The first-order valence-electron chi connectivity index (χ1n) is 8.66. The molecule has 2 unspecified atom stereocenters. The van der Waals surface area contributed by atoms with Crippen molar-refractivity contribution in [2.24, 2.45) is 11.8 Å².